The summed E-state index contributed by atoms with van der Waals surface area (Å²) < 4.78 is 0. The van der Waals surface area contributed by atoms with Crippen molar-refractivity contribution < 1.29 is 4.79 Å². The molecule has 74 valence electrons. The van der Waals surface area contributed by atoms with Gasteiger partial charge in [-0.2, -0.15) is 0 Å². The number of carbonyl (C=O) groups is 1. The molecule has 1 saturated heterocycles. The molecule has 0 atom stereocenters. The van der Waals surface area contributed by atoms with Gasteiger partial charge in [-0.05, 0) is 39.8 Å². The minimum absolute atomic E-state index is 0.0362. The molecule has 3 heteroatoms. The largest absolute Gasteiger partial charge is 0.366 e. The van der Waals surface area contributed by atoms with E-state index in [9.17, 15) is 4.79 Å². The van der Waals surface area contributed by atoms with Crippen LogP contribution in [0.15, 0.2) is 12.2 Å². The van der Waals surface area contributed by atoms with Gasteiger partial charge in [-0.15, -0.1) is 0 Å². The Hall–Kier alpha value is -0.830. The Morgan fingerprint density at radius 2 is 1.92 bits per heavy atom. The van der Waals surface area contributed by atoms with Crippen molar-refractivity contribution in [1.29, 1.82) is 0 Å². The maximum Gasteiger partial charge on any atom is 0.241 e. The molecule has 0 bridgehead atoms. The number of hydrogen-bond acceptors (Lipinski definition) is 2. The Labute approximate surface area is 79.6 Å². The lowest BCUT2D eigenvalue weighted by Gasteiger charge is -2.32. The number of likely N-dealkylation sites (tertiary alicyclic amines) is 1. The van der Waals surface area contributed by atoms with E-state index in [1.807, 2.05) is 6.08 Å². The molecular weight excluding hydrogens is 164 g/mol. The molecule has 1 amide bonds. The predicted molar refractivity (Wildman–Crippen MR) is 53.2 cm³/mol. The van der Waals surface area contributed by atoms with Crippen LogP contribution in [0.1, 0.15) is 26.7 Å². The van der Waals surface area contributed by atoms with Gasteiger partial charge in [-0.25, -0.2) is 0 Å². The first-order valence-electron chi connectivity index (χ1n) is 4.76. The van der Waals surface area contributed by atoms with E-state index >= 15 is 0 Å². The van der Waals surface area contributed by atoms with Gasteiger partial charge in [0.05, 0.1) is 0 Å². The zero-order valence-corrected chi connectivity index (χ0v) is 8.42. The van der Waals surface area contributed by atoms with E-state index in [2.05, 4.69) is 18.7 Å². The smallest absolute Gasteiger partial charge is 0.241 e. The van der Waals surface area contributed by atoms with Crippen LogP contribution in [0.5, 0.6) is 0 Å². The SMILES string of the molecule is CC(C)(C=CC(N)=O)N1CCCC1. The zero-order valence-electron chi connectivity index (χ0n) is 8.42. The van der Waals surface area contributed by atoms with Crippen LogP contribution in [0, 0.1) is 0 Å². The summed E-state index contributed by atoms with van der Waals surface area (Å²) in [5, 5.41) is 0. The second kappa shape index (κ2) is 3.92. The number of primary amides is 1. The number of carbonyl (C=O) groups excluding carboxylic acids is 1. The molecule has 0 radical (unpaired) electrons. The average molecular weight is 182 g/mol. The number of rotatable bonds is 3. The number of nitrogens with zero attached hydrogens (tertiary/aromatic N) is 1. The van der Waals surface area contributed by atoms with Crippen molar-refractivity contribution in [2.45, 2.75) is 32.2 Å². The van der Waals surface area contributed by atoms with Gasteiger partial charge < -0.3 is 5.73 Å². The summed E-state index contributed by atoms with van der Waals surface area (Å²) in [6.45, 7) is 6.46. The van der Waals surface area contributed by atoms with Crippen LogP contribution in [0.3, 0.4) is 0 Å². The fourth-order valence-corrected chi connectivity index (χ4v) is 1.68. The van der Waals surface area contributed by atoms with Gasteiger partial charge in [0.25, 0.3) is 0 Å². The molecule has 1 aliphatic rings. The second-order valence-corrected chi connectivity index (χ2v) is 4.08. The molecule has 1 rings (SSSR count). The van der Waals surface area contributed by atoms with Crippen molar-refractivity contribution in [3.05, 3.63) is 12.2 Å². The van der Waals surface area contributed by atoms with Crippen LogP contribution in [0.2, 0.25) is 0 Å². The third-order valence-electron chi connectivity index (χ3n) is 2.58. The Balaban J connectivity index is 2.58. The van der Waals surface area contributed by atoms with Gasteiger partial charge in [0.1, 0.15) is 0 Å². The van der Waals surface area contributed by atoms with E-state index in [1.165, 1.54) is 18.9 Å². The first-order valence-corrected chi connectivity index (χ1v) is 4.76. The average Bonchev–Trinajstić information content (AvgIpc) is 2.53. The minimum atomic E-state index is -0.368. The predicted octanol–water partition coefficient (Wildman–Crippen LogP) is 0.902. The van der Waals surface area contributed by atoms with E-state index in [0.717, 1.165) is 13.1 Å². The molecule has 2 N–H and O–H groups in total. The standard InChI is InChI=1S/C10H18N2O/c1-10(2,6-5-9(11)13)12-7-3-4-8-12/h5-6H,3-4,7-8H2,1-2H3,(H2,11,13). The maximum absolute atomic E-state index is 10.6. The second-order valence-electron chi connectivity index (χ2n) is 4.08. The molecule has 0 aliphatic carbocycles. The van der Waals surface area contributed by atoms with Gasteiger partial charge in [-0.3, -0.25) is 9.69 Å². The van der Waals surface area contributed by atoms with Crippen molar-refractivity contribution in [2.75, 3.05) is 13.1 Å². The summed E-state index contributed by atoms with van der Waals surface area (Å²) in [5.74, 6) is -0.368. The minimum Gasteiger partial charge on any atom is -0.366 e. The molecule has 0 saturated carbocycles. The molecule has 1 fully saturated rings. The lowest BCUT2D eigenvalue weighted by atomic mass is 10.0. The fourth-order valence-electron chi connectivity index (χ4n) is 1.68. The molecule has 0 spiro atoms. The normalized spacial score (nSPS) is 19.8. The van der Waals surface area contributed by atoms with Gasteiger partial charge in [0.2, 0.25) is 5.91 Å². The molecule has 1 heterocycles. The molecule has 0 unspecified atom stereocenters. The third kappa shape index (κ3) is 2.84. The lowest BCUT2D eigenvalue weighted by molar-refractivity contribution is -0.113. The summed E-state index contributed by atoms with van der Waals surface area (Å²) in [6, 6.07) is 0. The Morgan fingerprint density at radius 1 is 1.38 bits per heavy atom. The number of nitrogens with two attached hydrogens (primary N) is 1. The van der Waals surface area contributed by atoms with Crippen LogP contribution in [0.25, 0.3) is 0 Å². The molecule has 0 aromatic rings. The first kappa shape index (κ1) is 10.3. The van der Waals surface area contributed by atoms with Crippen molar-refractivity contribution in [3.63, 3.8) is 0 Å². The monoisotopic (exact) mass is 182 g/mol. The van der Waals surface area contributed by atoms with E-state index in [-0.39, 0.29) is 11.4 Å². The molecular formula is C10H18N2O. The topological polar surface area (TPSA) is 46.3 Å². The van der Waals surface area contributed by atoms with E-state index in [1.54, 1.807) is 0 Å². The molecule has 1 aliphatic heterocycles. The summed E-state index contributed by atoms with van der Waals surface area (Å²) >= 11 is 0. The highest BCUT2D eigenvalue weighted by molar-refractivity contribution is 5.85. The quantitative estimate of drug-likeness (QED) is 0.659. The van der Waals surface area contributed by atoms with Crippen LogP contribution >= 0.6 is 0 Å². The highest BCUT2D eigenvalue weighted by Crippen LogP contribution is 2.21. The summed E-state index contributed by atoms with van der Waals surface area (Å²) in [6.07, 6.45) is 5.86. The third-order valence-corrected chi connectivity index (χ3v) is 2.58. The van der Waals surface area contributed by atoms with Gasteiger partial charge in [0.15, 0.2) is 0 Å². The molecule has 0 aromatic heterocycles. The van der Waals surface area contributed by atoms with E-state index in [0.29, 0.717) is 0 Å². The first-order chi connectivity index (χ1) is 6.02. The molecule has 3 nitrogen and oxygen atoms in total. The van der Waals surface area contributed by atoms with E-state index < -0.39 is 0 Å². The highest BCUT2D eigenvalue weighted by atomic mass is 16.1. The van der Waals surface area contributed by atoms with Crippen molar-refractivity contribution in [3.8, 4) is 0 Å². The maximum atomic E-state index is 10.6. The van der Waals surface area contributed by atoms with Crippen LogP contribution in [0.4, 0.5) is 0 Å². The van der Waals surface area contributed by atoms with Gasteiger partial charge in [0, 0.05) is 11.6 Å². The van der Waals surface area contributed by atoms with Crippen molar-refractivity contribution in [2.24, 2.45) is 5.73 Å². The Kier molecular flexibility index (Phi) is 3.09. The summed E-state index contributed by atoms with van der Waals surface area (Å²) in [7, 11) is 0. The molecule has 0 aromatic carbocycles. The van der Waals surface area contributed by atoms with Gasteiger partial charge in [-0.1, -0.05) is 6.08 Å². The van der Waals surface area contributed by atoms with Crippen molar-refractivity contribution >= 4 is 5.91 Å². The summed E-state index contributed by atoms with van der Waals surface area (Å²) in [4.78, 5) is 12.9. The van der Waals surface area contributed by atoms with Crippen molar-refractivity contribution in [1.82, 2.24) is 4.90 Å². The molecule has 13 heavy (non-hydrogen) atoms. The summed E-state index contributed by atoms with van der Waals surface area (Å²) in [5.41, 5.74) is 5.02. The van der Waals surface area contributed by atoms with Crippen LogP contribution in [-0.2, 0) is 4.79 Å². The van der Waals surface area contributed by atoms with Gasteiger partial charge >= 0.3 is 0 Å². The lowest BCUT2D eigenvalue weighted by Crippen LogP contribution is -2.40. The highest BCUT2D eigenvalue weighted by Gasteiger charge is 2.26. The Bertz CT molecular complexity index is 215. The van der Waals surface area contributed by atoms with Crippen LogP contribution in [-0.4, -0.2) is 29.4 Å². The van der Waals surface area contributed by atoms with E-state index in [4.69, 9.17) is 5.73 Å². The number of hydrogen-bond donors (Lipinski definition) is 1. The zero-order chi connectivity index (χ0) is 9.90. The fraction of sp³-hybridized carbons (Fsp3) is 0.700. The van der Waals surface area contributed by atoms with Crippen LogP contribution < -0.4 is 5.73 Å². The number of amides is 1. The Morgan fingerprint density at radius 3 is 2.38 bits per heavy atom.